The van der Waals surface area contributed by atoms with Crippen LogP contribution in [0.4, 0.5) is 4.79 Å². The SMILES string of the molecule is CCC[C@]1(C2CCN(C(=O)c3coc4c3C(=O)CCC4)CC2)NC(=O)N(CC[C@H]2CCCN2C)C1=O. The predicted octanol–water partition coefficient (Wildman–Crippen LogP) is 3.23. The van der Waals surface area contributed by atoms with Crippen LogP contribution in [0.2, 0.25) is 0 Å². The van der Waals surface area contributed by atoms with Crippen LogP contribution in [-0.4, -0.2) is 83.1 Å². The molecule has 0 saturated carbocycles. The molecule has 0 radical (unpaired) electrons. The van der Waals surface area contributed by atoms with Crippen LogP contribution >= 0.6 is 0 Å². The van der Waals surface area contributed by atoms with Gasteiger partial charge in [0.1, 0.15) is 17.6 Å². The fourth-order valence-corrected chi connectivity index (χ4v) is 6.84. The molecule has 4 heterocycles. The van der Waals surface area contributed by atoms with Gasteiger partial charge in [-0.3, -0.25) is 19.3 Å². The maximum Gasteiger partial charge on any atom is 0.325 e. The zero-order chi connectivity index (χ0) is 25.4. The number of furan rings is 1. The summed E-state index contributed by atoms with van der Waals surface area (Å²) in [5.41, 5.74) is -0.0739. The van der Waals surface area contributed by atoms with Gasteiger partial charge in [-0.05, 0) is 64.5 Å². The highest BCUT2D eigenvalue weighted by atomic mass is 16.3. The lowest BCUT2D eigenvalue weighted by Crippen LogP contribution is -2.56. The lowest BCUT2D eigenvalue weighted by atomic mass is 9.74. The Labute approximate surface area is 212 Å². The number of carbonyl (C=O) groups excluding carboxylic acids is 4. The topological polar surface area (TPSA) is 103 Å². The molecule has 1 aromatic heterocycles. The summed E-state index contributed by atoms with van der Waals surface area (Å²) in [6, 6.07) is 0.137. The molecule has 9 heteroatoms. The summed E-state index contributed by atoms with van der Waals surface area (Å²) in [7, 11) is 2.11. The number of urea groups is 1. The van der Waals surface area contributed by atoms with Crippen molar-refractivity contribution in [2.75, 3.05) is 33.2 Å². The van der Waals surface area contributed by atoms with Crippen LogP contribution < -0.4 is 5.32 Å². The van der Waals surface area contributed by atoms with Crippen LogP contribution in [0.3, 0.4) is 0 Å². The third kappa shape index (κ3) is 4.25. The molecule has 1 N–H and O–H groups in total. The highest BCUT2D eigenvalue weighted by molar-refractivity contribution is 6.09. The molecular weight excluding hydrogens is 460 g/mol. The van der Waals surface area contributed by atoms with Gasteiger partial charge in [-0.2, -0.15) is 0 Å². The first-order valence-corrected chi connectivity index (χ1v) is 13.6. The molecule has 4 aliphatic rings. The van der Waals surface area contributed by atoms with Gasteiger partial charge in [0.2, 0.25) is 0 Å². The summed E-state index contributed by atoms with van der Waals surface area (Å²) < 4.78 is 5.55. The van der Waals surface area contributed by atoms with Crippen molar-refractivity contribution in [3.05, 3.63) is 23.2 Å². The van der Waals surface area contributed by atoms with E-state index >= 15 is 0 Å². The van der Waals surface area contributed by atoms with E-state index in [9.17, 15) is 19.2 Å². The predicted molar refractivity (Wildman–Crippen MR) is 133 cm³/mol. The van der Waals surface area contributed by atoms with Crippen LogP contribution in [0.5, 0.6) is 0 Å². The van der Waals surface area contributed by atoms with Gasteiger partial charge in [-0.15, -0.1) is 0 Å². The number of piperidine rings is 1. The van der Waals surface area contributed by atoms with Crippen molar-refractivity contribution in [1.29, 1.82) is 0 Å². The van der Waals surface area contributed by atoms with Crippen molar-refractivity contribution in [3.63, 3.8) is 0 Å². The molecule has 5 rings (SSSR count). The molecular formula is C27H38N4O5. The Morgan fingerprint density at radius 3 is 2.58 bits per heavy atom. The number of fused-ring (bicyclic) bond motifs is 1. The zero-order valence-corrected chi connectivity index (χ0v) is 21.5. The van der Waals surface area contributed by atoms with Gasteiger partial charge in [-0.1, -0.05) is 13.3 Å². The second-order valence-electron chi connectivity index (χ2n) is 11.0. The van der Waals surface area contributed by atoms with Crippen LogP contribution in [0, 0.1) is 5.92 Å². The molecule has 0 unspecified atom stereocenters. The molecule has 3 saturated heterocycles. The number of imide groups is 1. The highest BCUT2D eigenvalue weighted by Gasteiger charge is 2.55. The molecule has 1 aliphatic carbocycles. The van der Waals surface area contributed by atoms with Gasteiger partial charge in [-0.25, -0.2) is 4.79 Å². The van der Waals surface area contributed by atoms with Crippen molar-refractivity contribution in [3.8, 4) is 0 Å². The van der Waals surface area contributed by atoms with Gasteiger partial charge in [0.25, 0.3) is 11.8 Å². The minimum atomic E-state index is -0.896. The Kier molecular flexibility index (Phi) is 6.94. The molecule has 36 heavy (non-hydrogen) atoms. The first kappa shape index (κ1) is 25.0. The van der Waals surface area contributed by atoms with Crippen LogP contribution in [0.25, 0.3) is 0 Å². The third-order valence-electron chi connectivity index (χ3n) is 8.87. The summed E-state index contributed by atoms with van der Waals surface area (Å²) in [4.78, 5) is 57.9. The smallest absolute Gasteiger partial charge is 0.325 e. The van der Waals surface area contributed by atoms with E-state index in [1.807, 2.05) is 6.92 Å². The molecule has 3 fully saturated rings. The lowest BCUT2D eigenvalue weighted by molar-refractivity contribution is -0.134. The van der Waals surface area contributed by atoms with Crippen LogP contribution in [0.1, 0.15) is 91.2 Å². The molecule has 1 aromatic rings. The molecule has 3 aliphatic heterocycles. The largest absolute Gasteiger partial charge is 0.468 e. The van der Waals surface area contributed by atoms with Crippen molar-refractivity contribution in [2.45, 2.75) is 82.7 Å². The van der Waals surface area contributed by atoms with Gasteiger partial charge < -0.3 is 19.5 Å². The number of amides is 4. The number of Topliss-reactive ketones (excluding diaryl/α,β-unsaturated/α-hetero) is 1. The average molecular weight is 499 g/mol. The highest BCUT2D eigenvalue weighted by Crippen LogP contribution is 2.38. The van der Waals surface area contributed by atoms with Gasteiger partial charge >= 0.3 is 6.03 Å². The normalized spacial score (nSPS) is 27.6. The minimum absolute atomic E-state index is 0.0201. The third-order valence-corrected chi connectivity index (χ3v) is 8.87. The van der Waals surface area contributed by atoms with Gasteiger partial charge in [0, 0.05) is 38.5 Å². The summed E-state index contributed by atoms with van der Waals surface area (Å²) in [6.07, 6.45) is 9.04. The Morgan fingerprint density at radius 1 is 1.11 bits per heavy atom. The number of likely N-dealkylation sites (tertiary alicyclic amines) is 2. The number of ketones is 1. The van der Waals surface area contributed by atoms with Crippen molar-refractivity contribution < 1.29 is 23.6 Å². The quantitative estimate of drug-likeness (QED) is 0.579. The van der Waals surface area contributed by atoms with E-state index in [1.165, 1.54) is 11.2 Å². The minimum Gasteiger partial charge on any atom is -0.468 e. The van der Waals surface area contributed by atoms with Crippen molar-refractivity contribution in [1.82, 2.24) is 20.0 Å². The Hall–Kier alpha value is -2.68. The monoisotopic (exact) mass is 498 g/mol. The summed E-state index contributed by atoms with van der Waals surface area (Å²) in [6.45, 7) is 4.52. The molecule has 9 nitrogen and oxygen atoms in total. The van der Waals surface area contributed by atoms with E-state index in [-0.39, 0.29) is 29.5 Å². The maximum atomic E-state index is 13.7. The van der Waals surface area contributed by atoms with E-state index < -0.39 is 5.54 Å². The second kappa shape index (κ2) is 10.00. The van der Waals surface area contributed by atoms with Gasteiger partial charge in [0.05, 0.1) is 11.1 Å². The summed E-state index contributed by atoms with van der Waals surface area (Å²) >= 11 is 0. The molecule has 0 aromatic carbocycles. The fraction of sp³-hybridized carbons (Fsp3) is 0.704. The van der Waals surface area contributed by atoms with Crippen molar-refractivity contribution in [2.24, 2.45) is 5.92 Å². The van der Waals surface area contributed by atoms with E-state index in [1.54, 1.807) is 4.90 Å². The lowest BCUT2D eigenvalue weighted by Gasteiger charge is -2.41. The summed E-state index contributed by atoms with van der Waals surface area (Å²) in [5, 5.41) is 3.10. The number of carbonyl (C=O) groups is 4. The first-order chi connectivity index (χ1) is 17.4. The molecule has 4 amide bonds. The molecule has 2 atom stereocenters. The number of hydrogen-bond donors (Lipinski definition) is 1. The van der Waals surface area contributed by atoms with Crippen molar-refractivity contribution >= 4 is 23.6 Å². The summed E-state index contributed by atoms with van der Waals surface area (Å²) in [5.74, 6) is 0.288. The number of nitrogens with one attached hydrogen (secondary N) is 1. The zero-order valence-electron chi connectivity index (χ0n) is 21.5. The number of aryl methyl sites for hydroxylation is 1. The second-order valence-corrected chi connectivity index (χ2v) is 11.0. The Bertz CT molecular complexity index is 1040. The van der Waals surface area contributed by atoms with E-state index in [0.29, 0.717) is 74.7 Å². The van der Waals surface area contributed by atoms with Crippen LogP contribution in [-0.2, 0) is 11.2 Å². The molecule has 0 spiro atoms. The molecule has 0 bridgehead atoms. The first-order valence-electron chi connectivity index (χ1n) is 13.6. The van der Waals surface area contributed by atoms with Crippen LogP contribution in [0.15, 0.2) is 10.7 Å². The van der Waals surface area contributed by atoms with E-state index in [0.717, 1.165) is 38.6 Å². The number of rotatable bonds is 7. The number of nitrogens with zero attached hydrogens (tertiary/aromatic N) is 3. The Morgan fingerprint density at radius 2 is 1.89 bits per heavy atom. The molecule has 196 valence electrons. The maximum absolute atomic E-state index is 13.7. The van der Waals surface area contributed by atoms with E-state index in [4.69, 9.17) is 4.42 Å². The fourth-order valence-electron chi connectivity index (χ4n) is 6.84. The average Bonchev–Trinajstić information content (AvgIpc) is 3.55. The van der Waals surface area contributed by atoms with Gasteiger partial charge in [0.15, 0.2) is 5.78 Å². The Balaban J connectivity index is 1.26. The van der Waals surface area contributed by atoms with E-state index in [2.05, 4.69) is 17.3 Å². The number of hydrogen-bond acceptors (Lipinski definition) is 6. The standard InChI is InChI=1S/C27H38N4O5/c1-3-12-27(25(34)31(26(35)28-27)16-11-19-6-5-13-29(19)2)18-9-14-30(15-10-18)24(33)20-17-36-22-8-4-7-21(32)23(20)22/h17-19H,3-16H2,1-2H3,(H,28,35)/t19-,27-/m1/s1.